The predicted octanol–water partition coefficient (Wildman–Crippen LogP) is 2.34. The van der Waals surface area contributed by atoms with Crippen LogP contribution < -0.4 is 4.80 Å². The fourth-order valence-corrected chi connectivity index (χ4v) is 4.20. The van der Waals surface area contributed by atoms with Crippen LogP contribution in [0.25, 0.3) is 10.2 Å². The first-order valence-electron chi connectivity index (χ1n) is 8.35. The molecule has 144 valence electrons. The maximum Gasteiger partial charge on any atom is 0.268 e. The molecule has 0 spiro atoms. The highest BCUT2D eigenvalue weighted by atomic mass is 32.1. The number of thiazole rings is 1. The highest BCUT2D eigenvalue weighted by molar-refractivity contribution is 7.16. The maximum absolute atomic E-state index is 14.2. The van der Waals surface area contributed by atoms with Crippen molar-refractivity contribution >= 4 is 39.3 Å². The van der Waals surface area contributed by atoms with Gasteiger partial charge in [0.2, 0.25) is 0 Å². The Morgan fingerprint density at radius 3 is 2.41 bits per heavy atom. The molecule has 0 unspecified atom stereocenters. The molecule has 2 heterocycles. The molecule has 0 fully saturated rings. The number of hydrogen-bond acceptors (Lipinski definition) is 4. The Morgan fingerprint density at radius 1 is 1.14 bits per heavy atom. The van der Waals surface area contributed by atoms with Crippen molar-refractivity contribution in [2.24, 2.45) is 4.99 Å². The van der Waals surface area contributed by atoms with E-state index in [1.165, 1.54) is 16.7 Å². The van der Waals surface area contributed by atoms with E-state index in [1.54, 1.807) is 12.1 Å². The van der Waals surface area contributed by atoms with Gasteiger partial charge in [0, 0.05) is 6.07 Å². The van der Waals surface area contributed by atoms with E-state index in [0.29, 0.717) is 6.07 Å². The average molecular weight is 411 g/mol. The van der Waals surface area contributed by atoms with Crippen LogP contribution in [0.4, 0.5) is 8.78 Å². The molecule has 4 rings (SSSR count). The topological polar surface area (TPSA) is 71.7 Å². The minimum Gasteiger partial charge on any atom is -0.302 e. The van der Waals surface area contributed by atoms with Gasteiger partial charge in [-0.15, -0.1) is 6.42 Å². The van der Waals surface area contributed by atoms with Crippen LogP contribution in [0.2, 0.25) is 0 Å². The predicted molar refractivity (Wildman–Crippen MR) is 101 cm³/mol. The smallest absolute Gasteiger partial charge is 0.268 e. The third-order valence-corrected chi connectivity index (χ3v) is 5.36. The number of carbonyl (C=O) groups is 3. The number of benzene rings is 2. The average Bonchev–Trinajstić information content (AvgIpc) is 3.13. The van der Waals surface area contributed by atoms with Gasteiger partial charge in [0.25, 0.3) is 17.7 Å². The van der Waals surface area contributed by atoms with Crippen molar-refractivity contribution in [1.82, 2.24) is 9.47 Å². The minimum atomic E-state index is -0.833. The van der Waals surface area contributed by atoms with Gasteiger partial charge < -0.3 is 4.57 Å². The van der Waals surface area contributed by atoms with E-state index in [-0.39, 0.29) is 32.7 Å². The molecule has 0 bridgehead atoms. The molecular weight excluding hydrogens is 400 g/mol. The number of aromatic nitrogens is 1. The Morgan fingerprint density at radius 2 is 1.79 bits per heavy atom. The number of fused-ring (bicyclic) bond motifs is 2. The van der Waals surface area contributed by atoms with E-state index < -0.39 is 35.9 Å². The van der Waals surface area contributed by atoms with Gasteiger partial charge in [-0.05, 0) is 18.2 Å². The summed E-state index contributed by atoms with van der Waals surface area (Å²) in [5.41, 5.74) is 0.459. The number of hydrogen-bond donors (Lipinski definition) is 0. The van der Waals surface area contributed by atoms with Crippen LogP contribution in [0.1, 0.15) is 20.7 Å². The standard InChI is InChI=1S/C20H11F2N3O3S/c1-2-7-24-17-14(22)8-11(21)9-15(17)29-20(24)23-16(26)10-25-18(27)12-5-3-4-6-13(12)19(25)28/h1,3-6,8-9H,7,10H2. The summed E-state index contributed by atoms with van der Waals surface area (Å²) in [5.74, 6) is -1.24. The molecule has 3 aromatic rings. The van der Waals surface area contributed by atoms with Crippen LogP contribution in [0.15, 0.2) is 41.4 Å². The molecule has 29 heavy (non-hydrogen) atoms. The van der Waals surface area contributed by atoms with Crippen molar-refractivity contribution in [3.05, 3.63) is 64.0 Å². The summed E-state index contributed by atoms with van der Waals surface area (Å²) in [4.78, 5) is 42.0. The van der Waals surface area contributed by atoms with Gasteiger partial charge >= 0.3 is 0 Å². The molecular formula is C20H11F2N3O3S. The molecule has 0 saturated carbocycles. The van der Waals surface area contributed by atoms with Gasteiger partial charge in [0.05, 0.1) is 27.9 Å². The van der Waals surface area contributed by atoms with Crippen LogP contribution in [0, 0.1) is 24.0 Å². The monoisotopic (exact) mass is 411 g/mol. The number of halogens is 2. The van der Waals surface area contributed by atoms with Gasteiger partial charge in [-0.2, -0.15) is 4.99 Å². The van der Waals surface area contributed by atoms with Gasteiger partial charge in [-0.3, -0.25) is 19.3 Å². The van der Waals surface area contributed by atoms with E-state index in [2.05, 4.69) is 10.9 Å². The van der Waals surface area contributed by atoms with Crippen molar-refractivity contribution in [3.63, 3.8) is 0 Å². The van der Waals surface area contributed by atoms with E-state index in [4.69, 9.17) is 6.42 Å². The molecule has 0 atom stereocenters. The Kier molecular flexibility index (Phi) is 4.56. The molecule has 2 aromatic carbocycles. The number of imide groups is 1. The van der Waals surface area contributed by atoms with Gasteiger partial charge in [0.15, 0.2) is 10.6 Å². The molecule has 6 nitrogen and oxygen atoms in total. The van der Waals surface area contributed by atoms with Crippen molar-refractivity contribution in [2.75, 3.05) is 6.54 Å². The van der Waals surface area contributed by atoms with E-state index in [9.17, 15) is 23.2 Å². The van der Waals surface area contributed by atoms with Crippen molar-refractivity contribution < 1.29 is 23.2 Å². The molecule has 9 heteroatoms. The second kappa shape index (κ2) is 7.07. The summed E-state index contributed by atoms with van der Waals surface area (Å²) < 4.78 is 29.2. The number of rotatable bonds is 3. The largest absolute Gasteiger partial charge is 0.302 e. The lowest BCUT2D eigenvalue weighted by atomic mass is 10.1. The number of nitrogens with zero attached hydrogens (tertiary/aromatic N) is 3. The number of amides is 3. The molecule has 0 radical (unpaired) electrons. The fraction of sp³-hybridized carbons (Fsp3) is 0.100. The van der Waals surface area contributed by atoms with Gasteiger partial charge in [-0.1, -0.05) is 29.4 Å². The Hall–Kier alpha value is -3.64. The van der Waals surface area contributed by atoms with E-state index >= 15 is 0 Å². The number of terminal acetylenes is 1. The van der Waals surface area contributed by atoms with Crippen LogP contribution in [-0.4, -0.2) is 33.7 Å². The molecule has 0 aliphatic carbocycles. The summed E-state index contributed by atoms with van der Waals surface area (Å²) in [5, 5.41) is 0. The second-order valence-corrected chi connectivity index (χ2v) is 7.17. The number of carbonyl (C=O) groups excluding carboxylic acids is 3. The molecule has 0 N–H and O–H groups in total. The van der Waals surface area contributed by atoms with E-state index in [1.807, 2.05) is 0 Å². The molecule has 0 saturated heterocycles. The first-order chi connectivity index (χ1) is 13.9. The molecule has 3 amide bonds. The lowest BCUT2D eigenvalue weighted by Gasteiger charge is -2.10. The normalized spacial score (nSPS) is 13.8. The summed E-state index contributed by atoms with van der Waals surface area (Å²) in [6, 6.07) is 8.07. The highest BCUT2D eigenvalue weighted by Gasteiger charge is 2.36. The van der Waals surface area contributed by atoms with Crippen molar-refractivity contribution in [3.8, 4) is 12.3 Å². The lowest BCUT2D eigenvalue weighted by Crippen LogP contribution is -2.35. The summed E-state index contributed by atoms with van der Waals surface area (Å²) >= 11 is 0.879. The van der Waals surface area contributed by atoms with Crippen LogP contribution in [-0.2, 0) is 11.3 Å². The first kappa shape index (κ1) is 18.7. The zero-order valence-electron chi connectivity index (χ0n) is 14.7. The second-order valence-electron chi connectivity index (χ2n) is 6.16. The van der Waals surface area contributed by atoms with Crippen LogP contribution >= 0.6 is 11.3 Å². The summed E-state index contributed by atoms with van der Waals surface area (Å²) in [6.07, 6.45) is 5.32. The van der Waals surface area contributed by atoms with Gasteiger partial charge in [0.1, 0.15) is 12.4 Å². The molecule has 1 aliphatic rings. The first-order valence-corrected chi connectivity index (χ1v) is 9.17. The van der Waals surface area contributed by atoms with Crippen LogP contribution in [0.5, 0.6) is 0 Å². The fourth-order valence-electron chi connectivity index (χ4n) is 3.11. The summed E-state index contributed by atoms with van der Waals surface area (Å²) in [7, 11) is 0. The van der Waals surface area contributed by atoms with Crippen molar-refractivity contribution in [2.45, 2.75) is 6.54 Å². The quantitative estimate of drug-likeness (QED) is 0.491. The van der Waals surface area contributed by atoms with Crippen LogP contribution in [0.3, 0.4) is 0 Å². The molecule has 1 aromatic heterocycles. The maximum atomic E-state index is 14.2. The Bertz CT molecular complexity index is 1280. The van der Waals surface area contributed by atoms with E-state index in [0.717, 1.165) is 22.3 Å². The lowest BCUT2D eigenvalue weighted by molar-refractivity contribution is -0.118. The summed E-state index contributed by atoms with van der Waals surface area (Å²) in [6.45, 7) is -0.671. The minimum absolute atomic E-state index is 0.0293. The Labute approximate surface area is 166 Å². The SMILES string of the molecule is C#CCn1c(=NC(=O)CN2C(=O)c3ccccc3C2=O)sc2cc(F)cc(F)c21. The highest BCUT2D eigenvalue weighted by Crippen LogP contribution is 2.23. The van der Waals surface area contributed by atoms with Gasteiger partial charge in [-0.25, -0.2) is 8.78 Å². The Balaban J connectivity index is 1.71. The third-order valence-electron chi connectivity index (χ3n) is 4.34. The van der Waals surface area contributed by atoms with Crippen molar-refractivity contribution in [1.29, 1.82) is 0 Å². The third kappa shape index (κ3) is 3.13. The zero-order chi connectivity index (χ0) is 20.7. The zero-order valence-corrected chi connectivity index (χ0v) is 15.5. The molecule has 1 aliphatic heterocycles.